The zero-order valence-electron chi connectivity index (χ0n) is 18.5. The van der Waals surface area contributed by atoms with E-state index < -0.39 is 0 Å². The molecule has 1 aliphatic rings. The average molecular weight is 531 g/mol. The lowest BCUT2D eigenvalue weighted by molar-refractivity contribution is -0.113. The molecule has 1 aliphatic heterocycles. The normalized spacial score (nSPS) is 14.7. The Morgan fingerprint density at radius 3 is 2.74 bits per heavy atom. The van der Waals surface area contributed by atoms with Crippen LogP contribution in [0.5, 0.6) is 0 Å². The summed E-state index contributed by atoms with van der Waals surface area (Å²) >= 11 is 15.2. The summed E-state index contributed by atoms with van der Waals surface area (Å²) in [5.74, 6) is 0.662. The minimum atomic E-state index is -0.260. The number of thioether (sulfide) groups is 1. The van der Waals surface area contributed by atoms with Crippen LogP contribution in [0.3, 0.4) is 0 Å². The predicted molar refractivity (Wildman–Crippen MR) is 141 cm³/mol. The number of nitrogens with zero attached hydrogens (tertiary/aromatic N) is 2. The third kappa shape index (κ3) is 4.95. The van der Waals surface area contributed by atoms with Crippen molar-refractivity contribution in [3.8, 4) is 11.4 Å². The van der Waals surface area contributed by atoms with Gasteiger partial charge in [-0.05, 0) is 37.6 Å². The third-order valence-electron chi connectivity index (χ3n) is 5.47. The van der Waals surface area contributed by atoms with Crippen LogP contribution in [0.1, 0.15) is 24.3 Å². The van der Waals surface area contributed by atoms with Gasteiger partial charge in [0.1, 0.15) is 9.86 Å². The molecule has 0 spiro atoms. The van der Waals surface area contributed by atoms with E-state index in [1.165, 1.54) is 22.2 Å². The Hall–Kier alpha value is -2.16. The number of carbonyl (C=O) groups excluding carboxylic acids is 1. The van der Waals surface area contributed by atoms with Crippen molar-refractivity contribution in [2.24, 2.45) is 0 Å². The molecule has 0 saturated carbocycles. The summed E-state index contributed by atoms with van der Waals surface area (Å²) in [6.07, 6.45) is 0.774. The molecule has 34 heavy (non-hydrogen) atoms. The lowest BCUT2D eigenvalue weighted by atomic mass is 9.94. The van der Waals surface area contributed by atoms with Crippen LogP contribution in [0.15, 0.2) is 53.6 Å². The Bertz CT molecular complexity index is 1390. The van der Waals surface area contributed by atoms with Crippen LogP contribution in [0.25, 0.3) is 21.6 Å². The number of rotatable bonds is 5. The van der Waals surface area contributed by atoms with E-state index in [1.807, 2.05) is 30.3 Å². The van der Waals surface area contributed by atoms with E-state index >= 15 is 0 Å². The highest BCUT2D eigenvalue weighted by atomic mass is 35.5. The summed E-state index contributed by atoms with van der Waals surface area (Å²) in [6.45, 7) is 4.74. The van der Waals surface area contributed by atoms with Crippen molar-refractivity contribution in [1.29, 1.82) is 0 Å². The first-order valence-electron chi connectivity index (χ1n) is 10.7. The molecule has 0 bridgehead atoms. The quantitative estimate of drug-likeness (QED) is 0.218. The molecule has 0 aliphatic carbocycles. The van der Waals surface area contributed by atoms with Crippen LogP contribution < -0.4 is 5.32 Å². The second-order valence-electron chi connectivity index (χ2n) is 8.59. The molecule has 0 atom stereocenters. The standard InChI is InChI=1S/C25H21Cl2N3O2S2/c1-25(2)11-16-19(12-32-25)34-24-21(16)23(29-22(30-24)14-6-4-3-5-7-14)33-13-20(31)28-18-9-8-15(26)10-17(18)27/h3-10H,11-13H2,1-2H3,(H,28,31). The lowest BCUT2D eigenvalue weighted by Gasteiger charge is -2.30. The fourth-order valence-corrected chi connectivity index (χ4v) is 6.32. The smallest absolute Gasteiger partial charge is 0.234 e. The first-order chi connectivity index (χ1) is 16.3. The predicted octanol–water partition coefficient (Wildman–Crippen LogP) is 7.25. The van der Waals surface area contributed by atoms with E-state index in [-0.39, 0.29) is 17.3 Å². The maximum absolute atomic E-state index is 12.8. The van der Waals surface area contributed by atoms with Crippen molar-refractivity contribution >= 4 is 68.1 Å². The van der Waals surface area contributed by atoms with Gasteiger partial charge < -0.3 is 10.1 Å². The second kappa shape index (κ2) is 9.47. The maximum Gasteiger partial charge on any atom is 0.234 e. The van der Waals surface area contributed by atoms with E-state index in [4.69, 9.17) is 37.9 Å². The van der Waals surface area contributed by atoms with E-state index in [2.05, 4.69) is 19.2 Å². The molecule has 2 aromatic heterocycles. The van der Waals surface area contributed by atoms with Gasteiger partial charge in [-0.2, -0.15) is 0 Å². The molecule has 1 amide bonds. The highest BCUT2D eigenvalue weighted by Crippen LogP contribution is 2.42. The number of hydrogen-bond donors (Lipinski definition) is 1. The number of ether oxygens (including phenoxy) is 1. The fraction of sp³-hybridized carbons (Fsp3) is 0.240. The molecule has 4 aromatic rings. The maximum atomic E-state index is 12.8. The van der Waals surface area contributed by atoms with Crippen LogP contribution in [0, 0.1) is 0 Å². The molecule has 174 valence electrons. The van der Waals surface area contributed by atoms with Crippen molar-refractivity contribution in [1.82, 2.24) is 9.97 Å². The summed E-state index contributed by atoms with van der Waals surface area (Å²) in [4.78, 5) is 24.6. The SMILES string of the molecule is CC1(C)Cc2c(sc3nc(-c4ccccc4)nc(SCC(=O)Nc4ccc(Cl)cc4Cl)c23)CO1. The molecule has 9 heteroatoms. The van der Waals surface area contributed by atoms with Crippen molar-refractivity contribution < 1.29 is 9.53 Å². The summed E-state index contributed by atoms with van der Waals surface area (Å²) in [7, 11) is 0. The van der Waals surface area contributed by atoms with Crippen molar-refractivity contribution in [3.05, 3.63) is 69.0 Å². The van der Waals surface area contributed by atoms with Crippen LogP contribution in [-0.2, 0) is 22.6 Å². The molecule has 0 unspecified atom stereocenters. The molecule has 1 N–H and O–H groups in total. The molecule has 0 radical (unpaired) electrons. The summed E-state index contributed by atoms with van der Waals surface area (Å²) < 4.78 is 6.03. The van der Waals surface area contributed by atoms with Crippen LogP contribution >= 0.6 is 46.3 Å². The van der Waals surface area contributed by atoms with Gasteiger partial charge in [-0.3, -0.25) is 4.79 Å². The van der Waals surface area contributed by atoms with Gasteiger partial charge in [0.05, 0.1) is 28.7 Å². The van der Waals surface area contributed by atoms with Gasteiger partial charge >= 0.3 is 0 Å². The van der Waals surface area contributed by atoms with Gasteiger partial charge in [-0.25, -0.2) is 9.97 Å². The summed E-state index contributed by atoms with van der Waals surface area (Å²) in [5, 5.41) is 5.60. The molecule has 2 aromatic carbocycles. The number of hydrogen-bond acceptors (Lipinski definition) is 6. The monoisotopic (exact) mass is 529 g/mol. The van der Waals surface area contributed by atoms with Crippen LogP contribution in [0.4, 0.5) is 5.69 Å². The van der Waals surface area contributed by atoms with Crippen molar-refractivity contribution in [2.45, 2.75) is 37.5 Å². The third-order valence-corrected chi connectivity index (χ3v) is 8.10. The first-order valence-corrected chi connectivity index (χ1v) is 13.2. The van der Waals surface area contributed by atoms with Gasteiger partial charge in [0, 0.05) is 27.3 Å². The van der Waals surface area contributed by atoms with E-state index in [1.54, 1.807) is 29.5 Å². The molecule has 3 heterocycles. The molecule has 5 nitrogen and oxygen atoms in total. The number of benzene rings is 2. The van der Waals surface area contributed by atoms with Crippen molar-refractivity contribution in [2.75, 3.05) is 11.1 Å². The van der Waals surface area contributed by atoms with Gasteiger partial charge in [0.15, 0.2) is 5.82 Å². The minimum Gasteiger partial charge on any atom is -0.370 e. The van der Waals surface area contributed by atoms with E-state index in [0.29, 0.717) is 28.2 Å². The number of aromatic nitrogens is 2. The fourth-order valence-electron chi connectivity index (χ4n) is 3.84. The van der Waals surface area contributed by atoms with Gasteiger partial charge in [0.25, 0.3) is 0 Å². The first kappa shape index (κ1) is 23.6. The largest absolute Gasteiger partial charge is 0.370 e. The Balaban J connectivity index is 1.49. The zero-order chi connectivity index (χ0) is 23.9. The van der Waals surface area contributed by atoms with Gasteiger partial charge in [-0.15, -0.1) is 11.3 Å². The number of carbonyl (C=O) groups is 1. The van der Waals surface area contributed by atoms with Gasteiger partial charge in [0.2, 0.25) is 5.91 Å². The number of fused-ring (bicyclic) bond motifs is 3. The van der Waals surface area contributed by atoms with Crippen LogP contribution in [-0.4, -0.2) is 27.2 Å². The number of amides is 1. The van der Waals surface area contributed by atoms with E-state index in [9.17, 15) is 4.79 Å². The molecule has 5 rings (SSSR count). The highest BCUT2D eigenvalue weighted by Gasteiger charge is 2.31. The van der Waals surface area contributed by atoms with E-state index in [0.717, 1.165) is 27.2 Å². The Labute approximate surface area is 215 Å². The topological polar surface area (TPSA) is 64.1 Å². The van der Waals surface area contributed by atoms with Crippen molar-refractivity contribution in [3.63, 3.8) is 0 Å². The number of anilines is 1. The highest BCUT2D eigenvalue weighted by molar-refractivity contribution is 8.00. The summed E-state index contributed by atoms with van der Waals surface area (Å²) in [5.41, 5.74) is 2.43. The Morgan fingerprint density at radius 2 is 1.97 bits per heavy atom. The zero-order valence-corrected chi connectivity index (χ0v) is 21.7. The Morgan fingerprint density at radius 1 is 1.18 bits per heavy atom. The van der Waals surface area contributed by atoms with Gasteiger partial charge in [-0.1, -0.05) is 65.3 Å². The molecular weight excluding hydrogens is 509 g/mol. The van der Waals surface area contributed by atoms with Crippen LogP contribution in [0.2, 0.25) is 10.0 Å². The molecular formula is C25H21Cl2N3O2S2. The summed E-state index contributed by atoms with van der Waals surface area (Å²) in [6, 6.07) is 14.9. The lowest BCUT2D eigenvalue weighted by Crippen LogP contribution is -2.31. The average Bonchev–Trinajstić information content (AvgIpc) is 3.16. The number of halogens is 2. The minimum absolute atomic E-state index is 0.171. The Kier molecular flexibility index (Phi) is 6.57. The second-order valence-corrected chi connectivity index (χ2v) is 11.5. The number of thiophene rings is 1. The molecule has 0 saturated heterocycles. The molecule has 0 fully saturated rings. The number of nitrogens with one attached hydrogen (secondary N) is 1.